The van der Waals surface area contributed by atoms with Crippen molar-refractivity contribution in [2.75, 3.05) is 6.54 Å². The summed E-state index contributed by atoms with van der Waals surface area (Å²) >= 11 is 1.81. The molecule has 3 heteroatoms. The molecule has 1 aromatic rings. The van der Waals surface area contributed by atoms with Crippen LogP contribution in [0.25, 0.3) is 0 Å². The van der Waals surface area contributed by atoms with Gasteiger partial charge in [0.2, 0.25) is 5.91 Å². The van der Waals surface area contributed by atoms with Crippen LogP contribution in [-0.4, -0.2) is 17.4 Å². The second-order valence-electron chi connectivity index (χ2n) is 3.41. The molecule has 0 saturated heterocycles. The van der Waals surface area contributed by atoms with Gasteiger partial charge in [0.25, 0.3) is 0 Å². The molecule has 70 valence electrons. The third-order valence-corrected chi connectivity index (χ3v) is 3.50. The lowest BCUT2D eigenvalue weighted by Crippen LogP contribution is -2.27. The fourth-order valence-electron chi connectivity index (χ4n) is 1.71. The van der Waals surface area contributed by atoms with E-state index >= 15 is 0 Å². The molecular formula is C10H13NOS. The number of thiophene rings is 1. The maximum absolute atomic E-state index is 11.2. The maximum atomic E-state index is 11.2. The largest absolute Gasteiger partial charge is 0.339 e. The molecule has 2 heterocycles. The highest BCUT2D eigenvalue weighted by Gasteiger charge is 2.16. The first kappa shape index (κ1) is 8.75. The van der Waals surface area contributed by atoms with Gasteiger partial charge in [-0.25, -0.2) is 0 Å². The molecule has 1 aliphatic heterocycles. The minimum atomic E-state index is 0.194. The summed E-state index contributed by atoms with van der Waals surface area (Å²) in [5.41, 5.74) is 1.35. The Kier molecular flexibility index (Phi) is 2.36. The molecule has 0 unspecified atom stereocenters. The van der Waals surface area contributed by atoms with Crippen molar-refractivity contribution in [2.45, 2.75) is 26.3 Å². The van der Waals surface area contributed by atoms with Gasteiger partial charge in [0, 0.05) is 24.9 Å². The summed E-state index contributed by atoms with van der Waals surface area (Å²) in [5, 5.41) is 2.12. The second kappa shape index (κ2) is 3.50. The first-order valence-electron chi connectivity index (χ1n) is 4.58. The molecule has 0 aromatic carbocycles. The van der Waals surface area contributed by atoms with Crippen molar-refractivity contribution in [1.82, 2.24) is 4.90 Å². The van der Waals surface area contributed by atoms with E-state index in [0.717, 1.165) is 25.9 Å². The predicted octanol–water partition coefficient (Wildman–Crippen LogP) is 2.04. The quantitative estimate of drug-likeness (QED) is 0.620. The van der Waals surface area contributed by atoms with Crippen molar-refractivity contribution in [1.29, 1.82) is 0 Å². The lowest BCUT2D eigenvalue weighted by Gasteiger charge is -2.17. The third kappa shape index (κ3) is 1.75. The fourth-order valence-corrected chi connectivity index (χ4v) is 2.65. The highest BCUT2D eigenvalue weighted by Crippen LogP contribution is 2.23. The van der Waals surface area contributed by atoms with Crippen LogP contribution in [0.15, 0.2) is 11.4 Å². The number of aryl methyl sites for hydroxylation is 1. The molecular weight excluding hydrogens is 182 g/mol. The van der Waals surface area contributed by atoms with Crippen molar-refractivity contribution in [2.24, 2.45) is 0 Å². The molecule has 0 radical (unpaired) electrons. The van der Waals surface area contributed by atoms with Crippen LogP contribution in [0, 0.1) is 0 Å². The van der Waals surface area contributed by atoms with Gasteiger partial charge < -0.3 is 4.90 Å². The van der Waals surface area contributed by atoms with Gasteiger partial charge in [0.1, 0.15) is 0 Å². The Morgan fingerprint density at radius 3 is 3.23 bits per heavy atom. The molecule has 13 heavy (non-hydrogen) atoms. The van der Waals surface area contributed by atoms with Crippen molar-refractivity contribution in [3.8, 4) is 0 Å². The summed E-state index contributed by atoms with van der Waals surface area (Å²) in [4.78, 5) is 14.6. The maximum Gasteiger partial charge on any atom is 0.219 e. The van der Waals surface area contributed by atoms with E-state index in [2.05, 4.69) is 11.4 Å². The molecule has 1 amide bonds. The molecule has 1 aliphatic rings. The molecule has 0 bridgehead atoms. The first-order chi connectivity index (χ1) is 6.27. The average molecular weight is 195 g/mol. The van der Waals surface area contributed by atoms with Crippen molar-refractivity contribution in [3.63, 3.8) is 0 Å². The molecule has 0 N–H and O–H groups in total. The Bertz CT molecular complexity index is 318. The van der Waals surface area contributed by atoms with Gasteiger partial charge in [-0.1, -0.05) is 0 Å². The molecule has 0 spiro atoms. The number of nitrogens with zero attached hydrogens (tertiary/aromatic N) is 1. The Labute approximate surface area is 82.2 Å². The van der Waals surface area contributed by atoms with E-state index in [1.54, 1.807) is 6.92 Å². The summed E-state index contributed by atoms with van der Waals surface area (Å²) in [6.07, 6.45) is 2.24. The number of amides is 1. The summed E-state index contributed by atoms with van der Waals surface area (Å²) in [6.45, 7) is 3.38. The molecule has 2 nitrogen and oxygen atoms in total. The molecule has 0 aliphatic carbocycles. The second-order valence-corrected chi connectivity index (χ2v) is 4.41. The summed E-state index contributed by atoms with van der Waals surface area (Å²) in [5.74, 6) is 0.194. The van der Waals surface area contributed by atoms with E-state index in [1.807, 2.05) is 16.2 Å². The highest BCUT2D eigenvalue weighted by atomic mass is 32.1. The van der Waals surface area contributed by atoms with Crippen LogP contribution < -0.4 is 0 Å². The van der Waals surface area contributed by atoms with E-state index in [9.17, 15) is 4.79 Å². The number of carbonyl (C=O) groups is 1. The van der Waals surface area contributed by atoms with E-state index < -0.39 is 0 Å². The first-order valence-corrected chi connectivity index (χ1v) is 5.46. The van der Waals surface area contributed by atoms with Crippen LogP contribution in [0.1, 0.15) is 23.8 Å². The van der Waals surface area contributed by atoms with Gasteiger partial charge >= 0.3 is 0 Å². The zero-order valence-electron chi connectivity index (χ0n) is 7.75. The van der Waals surface area contributed by atoms with Crippen molar-refractivity contribution >= 4 is 17.2 Å². The summed E-state index contributed by atoms with van der Waals surface area (Å²) < 4.78 is 0. The Balaban J connectivity index is 2.21. The number of rotatable bonds is 0. The Morgan fingerprint density at radius 1 is 1.62 bits per heavy atom. The number of fused-ring (bicyclic) bond motifs is 1. The molecule has 0 fully saturated rings. The van der Waals surface area contributed by atoms with Crippen LogP contribution in [0.2, 0.25) is 0 Å². The normalized spacial score (nSPS) is 16.5. The van der Waals surface area contributed by atoms with Crippen LogP contribution in [0.3, 0.4) is 0 Å². The molecule has 0 atom stereocenters. The van der Waals surface area contributed by atoms with Gasteiger partial charge in [0.05, 0.1) is 0 Å². The summed E-state index contributed by atoms with van der Waals surface area (Å²) in [6, 6.07) is 2.14. The van der Waals surface area contributed by atoms with Gasteiger partial charge in [0.15, 0.2) is 0 Å². The molecule has 1 aromatic heterocycles. The van der Waals surface area contributed by atoms with Gasteiger partial charge in [-0.15, -0.1) is 11.3 Å². The van der Waals surface area contributed by atoms with Gasteiger partial charge in [-0.05, 0) is 29.9 Å². The van der Waals surface area contributed by atoms with Gasteiger partial charge in [-0.3, -0.25) is 4.79 Å². The number of carbonyl (C=O) groups excluding carboxylic acids is 1. The lowest BCUT2D eigenvalue weighted by molar-refractivity contribution is -0.129. The average Bonchev–Trinajstić information content (AvgIpc) is 2.42. The SMILES string of the molecule is CC(=O)N1CCCc2sccc2C1. The van der Waals surface area contributed by atoms with E-state index in [-0.39, 0.29) is 5.91 Å². The zero-order chi connectivity index (χ0) is 9.26. The standard InChI is InChI=1S/C10H13NOS/c1-8(12)11-5-2-3-10-9(7-11)4-6-13-10/h4,6H,2-3,5,7H2,1H3. The Hall–Kier alpha value is -0.830. The van der Waals surface area contributed by atoms with E-state index in [4.69, 9.17) is 0 Å². The zero-order valence-corrected chi connectivity index (χ0v) is 8.56. The summed E-state index contributed by atoms with van der Waals surface area (Å²) in [7, 11) is 0. The topological polar surface area (TPSA) is 20.3 Å². The van der Waals surface area contributed by atoms with Crippen LogP contribution in [0.4, 0.5) is 0 Å². The van der Waals surface area contributed by atoms with E-state index in [1.165, 1.54) is 10.4 Å². The highest BCUT2D eigenvalue weighted by molar-refractivity contribution is 7.10. The Morgan fingerprint density at radius 2 is 2.46 bits per heavy atom. The van der Waals surface area contributed by atoms with Crippen LogP contribution in [-0.2, 0) is 17.8 Å². The molecule has 0 saturated carbocycles. The monoisotopic (exact) mass is 195 g/mol. The fraction of sp³-hybridized carbons (Fsp3) is 0.500. The minimum Gasteiger partial charge on any atom is -0.339 e. The lowest BCUT2D eigenvalue weighted by atomic mass is 10.2. The number of hydrogen-bond donors (Lipinski definition) is 0. The van der Waals surface area contributed by atoms with Gasteiger partial charge in [-0.2, -0.15) is 0 Å². The molecule has 2 rings (SSSR count). The van der Waals surface area contributed by atoms with E-state index in [0.29, 0.717) is 0 Å². The predicted molar refractivity (Wildman–Crippen MR) is 53.7 cm³/mol. The van der Waals surface area contributed by atoms with Crippen molar-refractivity contribution < 1.29 is 4.79 Å². The third-order valence-electron chi connectivity index (χ3n) is 2.48. The van der Waals surface area contributed by atoms with Crippen LogP contribution >= 0.6 is 11.3 Å². The van der Waals surface area contributed by atoms with Crippen molar-refractivity contribution in [3.05, 3.63) is 21.9 Å². The number of hydrogen-bond acceptors (Lipinski definition) is 2. The smallest absolute Gasteiger partial charge is 0.219 e. The van der Waals surface area contributed by atoms with Crippen LogP contribution in [0.5, 0.6) is 0 Å². The minimum absolute atomic E-state index is 0.194.